The molecule has 266 valence electrons. The molecular formula is C35H54N6O7. The van der Waals surface area contributed by atoms with Gasteiger partial charge in [0.15, 0.2) is 0 Å². The number of carbonyl (C=O) groups is 3. The van der Waals surface area contributed by atoms with Crippen molar-refractivity contribution < 1.29 is 33.4 Å². The Hall–Kier alpha value is -3.71. The van der Waals surface area contributed by atoms with Crippen LogP contribution in [0.25, 0.3) is 0 Å². The van der Waals surface area contributed by atoms with E-state index in [0.29, 0.717) is 68.5 Å². The molecule has 0 saturated carbocycles. The molecule has 4 heterocycles. The van der Waals surface area contributed by atoms with Gasteiger partial charge in [-0.15, -0.1) is 0 Å². The van der Waals surface area contributed by atoms with Gasteiger partial charge < -0.3 is 39.4 Å². The summed E-state index contributed by atoms with van der Waals surface area (Å²) in [7, 11) is 0. The minimum Gasteiger partial charge on any atom is -0.467 e. The van der Waals surface area contributed by atoms with Gasteiger partial charge in [-0.1, -0.05) is 34.6 Å². The second-order valence-electron chi connectivity index (χ2n) is 15.5. The first-order chi connectivity index (χ1) is 22.5. The lowest BCUT2D eigenvalue weighted by atomic mass is 9.79. The minimum atomic E-state index is -0.962. The molecule has 0 bridgehead atoms. The third kappa shape index (κ3) is 9.46. The molecule has 2 aromatic rings. The molecule has 2 saturated heterocycles. The molecule has 0 radical (unpaired) electrons. The number of likely N-dealkylation sites (tertiary alicyclic amines) is 1. The largest absolute Gasteiger partial charge is 0.467 e. The number of rotatable bonds is 10. The molecule has 0 unspecified atom stereocenters. The fourth-order valence-corrected chi connectivity index (χ4v) is 6.00. The Balaban J connectivity index is 1.68. The Morgan fingerprint density at radius 3 is 2.44 bits per heavy atom. The molecule has 13 nitrogen and oxygen atoms in total. The molecule has 2 atom stereocenters. The van der Waals surface area contributed by atoms with Gasteiger partial charge in [0.2, 0.25) is 5.91 Å². The molecule has 0 aliphatic carbocycles. The Morgan fingerprint density at radius 1 is 1.15 bits per heavy atom. The number of hydrogen-bond donors (Lipinski definition) is 3. The zero-order valence-corrected chi connectivity index (χ0v) is 29.8. The predicted molar refractivity (Wildman–Crippen MR) is 180 cm³/mol. The molecule has 0 spiro atoms. The maximum Gasteiger partial charge on any atom is 0.410 e. The number of aliphatic hydroxyl groups is 1. The van der Waals surface area contributed by atoms with Gasteiger partial charge in [-0.2, -0.15) is 0 Å². The van der Waals surface area contributed by atoms with Crippen LogP contribution in [0.1, 0.15) is 96.6 Å². The number of nitrogens with one attached hydrogen (secondary N) is 2. The van der Waals surface area contributed by atoms with E-state index in [2.05, 4.69) is 15.6 Å². The van der Waals surface area contributed by atoms with Crippen LogP contribution in [0.15, 0.2) is 29.0 Å². The lowest BCUT2D eigenvalue weighted by molar-refractivity contribution is -0.141. The van der Waals surface area contributed by atoms with Gasteiger partial charge >= 0.3 is 6.09 Å². The Morgan fingerprint density at radius 2 is 1.85 bits per heavy atom. The molecule has 2 fully saturated rings. The average Bonchev–Trinajstić information content (AvgIpc) is 3.55. The highest BCUT2D eigenvalue weighted by Crippen LogP contribution is 2.32. The lowest BCUT2D eigenvalue weighted by Crippen LogP contribution is -2.61. The molecule has 2 aromatic heterocycles. The molecule has 3 amide bonds. The van der Waals surface area contributed by atoms with E-state index in [1.165, 1.54) is 0 Å². The van der Waals surface area contributed by atoms with Crippen molar-refractivity contribution in [1.82, 2.24) is 25.1 Å². The second kappa shape index (κ2) is 15.2. The van der Waals surface area contributed by atoms with Crippen LogP contribution >= 0.6 is 0 Å². The highest BCUT2D eigenvalue weighted by Gasteiger charge is 2.43. The van der Waals surface area contributed by atoms with Gasteiger partial charge in [0.25, 0.3) is 5.91 Å². The first-order valence-corrected chi connectivity index (χ1v) is 16.9. The van der Waals surface area contributed by atoms with Gasteiger partial charge in [0.1, 0.15) is 28.6 Å². The van der Waals surface area contributed by atoms with E-state index in [1.54, 1.807) is 49.1 Å². The van der Waals surface area contributed by atoms with Gasteiger partial charge in [-0.3, -0.25) is 9.59 Å². The number of aromatic nitrogens is 2. The second-order valence-corrected chi connectivity index (χ2v) is 15.5. The van der Waals surface area contributed by atoms with Crippen molar-refractivity contribution >= 4 is 23.7 Å². The summed E-state index contributed by atoms with van der Waals surface area (Å²) in [6.45, 7) is 17.1. The van der Waals surface area contributed by atoms with Crippen LogP contribution in [0, 0.1) is 11.3 Å². The maximum atomic E-state index is 14.6. The summed E-state index contributed by atoms with van der Waals surface area (Å²) in [5.74, 6) is 1.18. The van der Waals surface area contributed by atoms with Crippen molar-refractivity contribution in [2.24, 2.45) is 11.3 Å². The zero-order valence-electron chi connectivity index (χ0n) is 29.8. The van der Waals surface area contributed by atoms with E-state index in [9.17, 15) is 19.5 Å². The van der Waals surface area contributed by atoms with Crippen LogP contribution in [0.5, 0.6) is 0 Å². The predicted octanol–water partition coefficient (Wildman–Crippen LogP) is 4.36. The molecule has 2 aliphatic heterocycles. The topological polar surface area (TPSA) is 159 Å². The number of ether oxygens (including phenoxy) is 2. The summed E-state index contributed by atoms with van der Waals surface area (Å²) in [6.07, 6.45) is 3.84. The molecule has 3 N–H and O–H groups in total. The van der Waals surface area contributed by atoms with Gasteiger partial charge in [0.05, 0.1) is 30.9 Å². The quantitative estimate of drug-likeness (QED) is 0.332. The number of amides is 3. The first-order valence-electron chi connectivity index (χ1n) is 16.9. The highest BCUT2D eigenvalue weighted by molar-refractivity contribution is 5.98. The number of nitrogens with zero attached hydrogens (tertiary/aromatic N) is 4. The highest BCUT2D eigenvalue weighted by atomic mass is 16.6. The maximum absolute atomic E-state index is 14.6. The van der Waals surface area contributed by atoms with Crippen LogP contribution in [-0.4, -0.2) is 99.9 Å². The number of aliphatic hydroxyl groups excluding tert-OH is 1. The number of carbonyl (C=O) groups excluding carboxylic acids is 3. The monoisotopic (exact) mass is 670 g/mol. The zero-order chi connectivity index (χ0) is 35.3. The molecule has 2 aliphatic rings. The summed E-state index contributed by atoms with van der Waals surface area (Å²) in [6, 6.07) is 2.68. The lowest BCUT2D eigenvalue weighted by Gasteiger charge is -2.44. The normalized spacial score (nSPS) is 19.9. The van der Waals surface area contributed by atoms with E-state index in [4.69, 9.17) is 18.9 Å². The van der Waals surface area contributed by atoms with Gasteiger partial charge in [0, 0.05) is 50.5 Å². The fraction of sp³-hybridized carbons (Fsp3) is 0.686. The molecule has 13 heteroatoms. The molecule has 0 aromatic carbocycles. The van der Waals surface area contributed by atoms with Crippen LogP contribution in [0.3, 0.4) is 0 Å². The van der Waals surface area contributed by atoms with Crippen molar-refractivity contribution in [2.45, 2.75) is 104 Å². The number of furan rings is 1. The van der Waals surface area contributed by atoms with E-state index in [-0.39, 0.29) is 42.8 Å². The Labute approximate surface area is 284 Å². The number of piperidine rings is 1. The smallest absolute Gasteiger partial charge is 0.410 e. The van der Waals surface area contributed by atoms with E-state index < -0.39 is 29.2 Å². The Kier molecular flexibility index (Phi) is 11.8. The third-order valence-corrected chi connectivity index (χ3v) is 8.61. The molecule has 48 heavy (non-hydrogen) atoms. The van der Waals surface area contributed by atoms with Crippen LogP contribution in [0.4, 0.5) is 10.6 Å². The first kappa shape index (κ1) is 37.1. The molecular weight excluding hydrogens is 616 g/mol. The Bertz CT molecular complexity index is 1390. The van der Waals surface area contributed by atoms with Crippen molar-refractivity contribution in [3.8, 4) is 0 Å². The number of anilines is 1. The van der Waals surface area contributed by atoms with Crippen LogP contribution < -0.4 is 10.6 Å². The van der Waals surface area contributed by atoms with Crippen LogP contribution in [0.2, 0.25) is 0 Å². The van der Waals surface area contributed by atoms with Crippen molar-refractivity contribution in [3.05, 3.63) is 41.7 Å². The minimum absolute atomic E-state index is 0.0908. The average molecular weight is 671 g/mol. The van der Waals surface area contributed by atoms with E-state index in [1.807, 2.05) is 40.7 Å². The fourth-order valence-electron chi connectivity index (χ4n) is 6.00. The van der Waals surface area contributed by atoms with Crippen LogP contribution in [-0.2, 0) is 26.2 Å². The van der Waals surface area contributed by atoms with Gasteiger partial charge in [-0.25, -0.2) is 14.8 Å². The van der Waals surface area contributed by atoms with E-state index in [0.717, 1.165) is 0 Å². The summed E-state index contributed by atoms with van der Waals surface area (Å²) in [5.41, 5.74) is -1.76. The molecule has 4 rings (SSSR count). The van der Waals surface area contributed by atoms with Gasteiger partial charge in [-0.05, 0) is 58.1 Å². The summed E-state index contributed by atoms with van der Waals surface area (Å²) in [5, 5.41) is 16.7. The third-order valence-electron chi connectivity index (χ3n) is 8.61. The number of hydrogen-bond acceptors (Lipinski definition) is 10. The summed E-state index contributed by atoms with van der Waals surface area (Å²) >= 11 is 0. The van der Waals surface area contributed by atoms with E-state index >= 15 is 0 Å². The SMILES string of the molecule is CC(C)CN(C(=O)c1cnc(C(C)(C)C)nc1NCc1ccco1)[C@H]1C[C@@H](NC(=O)C2(CO)CCOCC2)CN(C(=O)OC(C)(C)C)C1. The summed E-state index contributed by atoms with van der Waals surface area (Å²) in [4.78, 5) is 54.5. The van der Waals surface area contributed by atoms with Crippen molar-refractivity contribution in [1.29, 1.82) is 0 Å². The summed E-state index contributed by atoms with van der Waals surface area (Å²) < 4.78 is 16.7. The standard InChI is InChI=1S/C35H54N6O7/c1-23(2)19-41(29(43)27-18-37-30(33(3,4)5)39-28(27)36-17-26-10-9-13-47-26)25-16-24(20-40(21-25)32(45)48-34(6,7)8)38-31(44)35(22-42)11-14-46-15-12-35/h9-10,13,18,23-25,42H,11-12,14-17,19-22H2,1-8H3,(H,38,44)(H,36,37,39)/t24-,25+/m1/s1. The van der Waals surface area contributed by atoms with Crippen molar-refractivity contribution in [3.63, 3.8) is 0 Å². The van der Waals surface area contributed by atoms with Crippen molar-refractivity contribution in [2.75, 3.05) is 44.8 Å².